The van der Waals surface area contributed by atoms with Gasteiger partial charge in [0.15, 0.2) is 0 Å². The van der Waals surface area contributed by atoms with Crippen LogP contribution in [0.4, 0.5) is 5.00 Å². The fourth-order valence-corrected chi connectivity index (χ4v) is 2.90. The Hall–Kier alpha value is -1.40. The van der Waals surface area contributed by atoms with Gasteiger partial charge in [-0.2, -0.15) is 0 Å². The number of anilines is 1. The fourth-order valence-electron chi connectivity index (χ4n) is 1.93. The maximum absolute atomic E-state index is 11.9. The van der Waals surface area contributed by atoms with E-state index in [1.165, 1.54) is 11.3 Å². The molecule has 0 spiro atoms. The lowest BCUT2D eigenvalue weighted by atomic mass is 10.2. The highest BCUT2D eigenvalue weighted by Crippen LogP contribution is 2.28. The second kappa shape index (κ2) is 6.16. The molecule has 1 aliphatic rings. The third-order valence-corrected chi connectivity index (χ3v) is 3.98. The molecule has 1 aliphatic heterocycles. The first-order chi connectivity index (χ1) is 9.11. The van der Waals surface area contributed by atoms with Gasteiger partial charge in [0.1, 0.15) is 11.0 Å². The Bertz CT molecular complexity index is 477. The van der Waals surface area contributed by atoms with E-state index in [1.54, 1.807) is 13.0 Å². The van der Waals surface area contributed by atoms with Crippen LogP contribution < -0.4 is 5.32 Å². The molecule has 1 fully saturated rings. The molecule has 1 N–H and O–H groups in total. The number of hydrogen-bond acceptors (Lipinski definition) is 5. The minimum Gasteiger partial charge on any atom is -0.462 e. The largest absolute Gasteiger partial charge is 0.462 e. The number of amides is 1. The summed E-state index contributed by atoms with van der Waals surface area (Å²) in [4.78, 5) is 24.1. The molecule has 1 aromatic rings. The molecule has 6 heteroatoms. The van der Waals surface area contributed by atoms with Gasteiger partial charge in [-0.25, -0.2) is 4.79 Å². The lowest BCUT2D eigenvalue weighted by molar-refractivity contribution is -0.124. The van der Waals surface area contributed by atoms with E-state index in [0.29, 0.717) is 23.1 Å². The molecule has 1 saturated heterocycles. The molecular weight excluding hydrogens is 266 g/mol. The van der Waals surface area contributed by atoms with Crippen LogP contribution in [-0.4, -0.2) is 31.2 Å². The quantitative estimate of drug-likeness (QED) is 0.861. The average molecular weight is 283 g/mol. The predicted octanol–water partition coefficient (Wildman–Crippen LogP) is 2.35. The number of rotatable bonds is 4. The Kier molecular flexibility index (Phi) is 4.55. The van der Waals surface area contributed by atoms with Crippen molar-refractivity contribution in [3.8, 4) is 0 Å². The number of carbonyl (C=O) groups is 2. The van der Waals surface area contributed by atoms with Gasteiger partial charge in [-0.15, -0.1) is 11.3 Å². The predicted molar refractivity (Wildman–Crippen MR) is 72.6 cm³/mol. The van der Waals surface area contributed by atoms with Crippen molar-refractivity contribution in [3.63, 3.8) is 0 Å². The second-order valence-electron chi connectivity index (χ2n) is 4.33. The summed E-state index contributed by atoms with van der Waals surface area (Å²) >= 11 is 1.23. The van der Waals surface area contributed by atoms with Gasteiger partial charge in [-0.1, -0.05) is 0 Å². The maximum atomic E-state index is 11.9. The third-order valence-electron chi connectivity index (χ3n) is 2.85. The summed E-state index contributed by atoms with van der Waals surface area (Å²) in [6, 6.07) is 1.78. The van der Waals surface area contributed by atoms with Crippen LogP contribution in [0.1, 0.15) is 35.0 Å². The zero-order valence-corrected chi connectivity index (χ0v) is 11.8. The van der Waals surface area contributed by atoms with Gasteiger partial charge in [0, 0.05) is 6.61 Å². The third kappa shape index (κ3) is 3.33. The van der Waals surface area contributed by atoms with Crippen LogP contribution in [0.25, 0.3) is 0 Å². The minimum absolute atomic E-state index is 0.144. The molecule has 1 unspecified atom stereocenters. The molecule has 2 heterocycles. The van der Waals surface area contributed by atoms with Gasteiger partial charge in [-0.05, 0) is 38.3 Å². The molecule has 2 rings (SSSR count). The number of hydrogen-bond donors (Lipinski definition) is 1. The minimum atomic E-state index is -0.367. The first-order valence-electron chi connectivity index (χ1n) is 6.32. The normalized spacial score (nSPS) is 18.3. The molecule has 5 nitrogen and oxygen atoms in total. The number of thiophene rings is 1. The average Bonchev–Trinajstić information content (AvgIpc) is 2.99. The van der Waals surface area contributed by atoms with Gasteiger partial charge >= 0.3 is 5.97 Å². The molecule has 104 valence electrons. The lowest BCUT2D eigenvalue weighted by Gasteiger charge is -2.08. The first kappa shape index (κ1) is 14.0. The summed E-state index contributed by atoms with van der Waals surface area (Å²) in [5.41, 5.74) is 0.811. The van der Waals surface area contributed by atoms with Crippen LogP contribution in [0.2, 0.25) is 0 Å². The van der Waals surface area contributed by atoms with Crippen LogP contribution >= 0.6 is 11.3 Å². The van der Waals surface area contributed by atoms with Crippen LogP contribution in [0.15, 0.2) is 6.07 Å². The standard InChI is InChI=1S/C13H17NO4S/c1-3-17-13(16)11-8(2)7-10(19-11)14-12(15)9-5-4-6-18-9/h7,9H,3-6H2,1-2H3,(H,14,15). The molecule has 1 amide bonds. The Morgan fingerprint density at radius 2 is 2.37 bits per heavy atom. The number of nitrogens with one attached hydrogen (secondary N) is 1. The van der Waals surface area contributed by atoms with Gasteiger partial charge in [-0.3, -0.25) is 4.79 Å². The van der Waals surface area contributed by atoms with Crippen molar-refractivity contribution in [3.05, 3.63) is 16.5 Å². The van der Waals surface area contributed by atoms with Crippen LogP contribution in [0.3, 0.4) is 0 Å². The maximum Gasteiger partial charge on any atom is 0.348 e. The summed E-state index contributed by atoms with van der Waals surface area (Å²) in [6.45, 7) is 4.56. The van der Waals surface area contributed by atoms with Gasteiger partial charge < -0.3 is 14.8 Å². The van der Waals surface area contributed by atoms with Crippen molar-refractivity contribution in [2.75, 3.05) is 18.5 Å². The molecule has 1 atom stereocenters. The second-order valence-corrected chi connectivity index (χ2v) is 5.39. The van der Waals surface area contributed by atoms with Gasteiger partial charge in [0.2, 0.25) is 0 Å². The summed E-state index contributed by atoms with van der Waals surface area (Å²) in [5, 5.41) is 3.44. The topological polar surface area (TPSA) is 64.6 Å². The Morgan fingerprint density at radius 3 is 3.00 bits per heavy atom. The highest BCUT2D eigenvalue weighted by Gasteiger charge is 2.24. The Labute approximate surface area is 115 Å². The van der Waals surface area contributed by atoms with E-state index in [9.17, 15) is 9.59 Å². The van der Waals surface area contributed by atoms with E-state index >= 15 is 0 Å². The molecule has 0 bridgehead atoms. The molecule has 0 aliphatic carbocycles. The van der Waals surface area contributed by atoms with Crippen molar-refractivity contribution in [2.45, 2.75) is 32.8 Å². The van der Waals surface area contributed by atoms with E-state index in [-0.39, 0.29) is 18.0 Å². The first-order valence-corrected chi connectivity index (χ1v) is 7.13. The number of aryl methyl sites for hydroxylation is 1. The van der Waals surface area contributed by atoms with Crippen molar-refractivity contribution in [1.82, 2.24) is 0 Å². The van der Waals surface area contributed by atoms with Crippen LogP contribution in [-0.2, 0) is 14.3 Å². The van der Waals surface area contributed by atoms with Crippen molar-refractivity contribution in [1.29, 1.82) is 0 Å². The number of esters is 1. The molecule has 1 aromatic heterocycles. The highest BCUT2D eigenvalue weighted by molar-refractivity contribution is 7.18. The van der Waals surface area contributed by atoms with Crippen LogP contribution in [0, 0.1) is 6.92 Å². The van der Waals surface area contributed by atoms with Crippen molar-refractivity contribution in [2.24, 2.45) is 0 Å². The molecule has 0 saturated carbocycles. The van der Waals surface area contributed by atoms with E-state index in [1.807, 2.05) is 6.92 Å². The van der Waals surface area contributed by atoms with Gasteiger partial charge in [0.25, 0.3) is 5.91 Å². The molecule has 0 aromatic carbocycles. The van der Waals surface area contributed by atoms with E-state index in [0.717, 1.165) is 18.4 Å². The van der Waals surface area contributed by atoms with Crippen molar-refractivity contribution >= 4 is 28.2 Å². The lowest BCUT2D eigenvalue weighted by Crippen LogP contribution is -2.26. The van der Waals surface area contributed by atoms with Gasteiger partial charge in [0.05, 0.1) is 11.6 Å². The zero-order chi connectivity index (χ0) is 13.8. The smallest absolute Gasteiger partial charge is 0.348 e. The van der Waals surface area contributed by atoms with Crippen molar-refractivity contribution < 1.29 is 19.1 Å². The van der Waals surface area contributed by atoms with E-state index in [4.69, 9.17) is 9.47 Å². The zero-order valence-electron chi connectivity index (χ0n) is 11.0. The molecular formula is C13H17NO4S. The van der Waals surface area contributed by atoms with E-state index in [2.05, 4.69) is 5.32 Å². The molecule has 19 heavy (non-hydrogen) atoms. The Morgan fingerprint density at radius 1 is 1.58 bits per heavy atom. The summed E-state index contributed by atoms with van der Waals surface area (Å²) in [5.74, 6) is -0.489. The monoisotopic (exact) mass is 283 g/mol. The summed E-state index contributed by atoms with van der Waals surface area (Å²) in [6.07, 6.45) is 1.30. The summed E-state index contributed by atoms with van der Waals surface area (Å²) in [7, 11) is 0. The highest BCUT2D eigenvalue weighted by atomic mass is 32.1. The Balaban J connectivity index is 2.03. The number of carbonyl (C=O) groups excluding carboxylic acids is 2. The van der Waals surface area contributed by atoms with E-state index < -0.39 is 0 Å². The SMILES string of the molecule is CCOC(=O)c1sc(NC(=O)C2CCCO2)cc1C. The van der Waals surface area contributed by atoms with Crippen LogP contribution in [0.5, 0.6) is 0 Å². The summed E-state index contributed by atoms with van der Waals surface area (Å²) < 4.78 is 10.3. The number of ether oxygens (including phenoxy) is 2. The fraction of sp³-hybridized carbons (Fsp3) is 0.538. The molecule has 0 radical (unpaired) electrons.